The summed E-state index contributed by atoms with van der Waals surface area (Å²) in [4.78, 5) is 11.9. The van der Waals surface area contributed by atoms with Gasteiger partial charge in [0.2, 0.25) is 5.91 Å². The van der Waals surface area contributed by atoms with E-state index in [-0.39, 0.29) is 11.6 Å². The van der Waals surface area contributed by atoms with Crippen LogP contribution in [0.15, 0.2) is 22.7 Å². The number of nitrogens with one attached hydrogen (secondary N) is 1. The van der Waals surface area contributed by atoms with Crippen molar-refractivity contribution in [2.24, 2.45) is 5.92 Å². The number of carbonyl (C=O) groups is 1. The first kappa shape index (κ1) is 14.5. The van der Waals surface area contributed by atoms with Crippen molar-refractivity contribution in [3.63, 3.8) is 0 Å². The first-order valence-corrected chi connectivity index (χ1v) is 7.69. The number of benzene rings is 1. The zero-order valence-corrected chi connectivity index (χ0v) is 12.5. The average Bonchev–Trinajstić information content (AvgIpc) is 2.61. The van der Waals surface area contributed by atoms with Crippen LogP contribution in [0.5, 0.6) is 0 Å². The SMILES string of the molecule is O=C(CC1CCCCCC1)Nc1ccc(Br)cc1F. The van der Waals surface area contributed by atoms with E-state index >= 15 is 0 Å². The van der Waals surface area contributed by atoms with Gasteiger partial charge in [-0.05, 0) is 37.0 Å². The summed E-state index contributed by atoms with van der Waals surface area (Å²) in [6.45, 7) is 0. The maximum Gasteiger partial charge on any atom is 0.224 e. The predicted molar refractivity (Wildman–Crippen MR) is 78.5 cm³/mol. The second-order valence-electron chi connectivity index (χ2n) is 5.23. The molecule has 1 aliphatic carbocycles. The molecule has 0 saturated heterocycles. The molecule has 0 heterocycles. The van der Waals surface area contributed by atoms with E-state index in [1.165, 1.54) is 31.7 Å². The number of carbonyl (C=O) groups excluding carboxylic acids is 1. The van der Waals surface area contributed by atoms with Crippen molar-refractivity contribution < 1.29 is 9.18 Å². The Bertz CT molecular complexity index is 442. The maximum atomic E-state index is 13.6. The van der Waals surface area contributed by atoms with Gasteiger partial charge in [0.1, 0.15) is 5.82 Å². The fraction of sp³-hybridized carbons (Fsp3) is 0.533. The molecule has 0 aromatic heterocycles. The van der Waals surface area contributed by atoms with Crippen LogP contribution in [0.3, 0.4) is 0 Å². The maximum absolute atomic E-state index is 13.6. The predicted octanol–water partition coefficient (Wildman–Crippen LogP) is 4.89. The van der Waals surface area contributed by atoms with Crippen molar-refractivity contribution >= 4 is 27.5 Å². The van der Waals surface area contributed by atoms with Crippen LogP contribution >= 0.6 is 15.9 Å². The van der Waals surface area contributed by atoms with Gasteiger partial charge in [0.05, 0.1) is 5.69 Å². The minimum Gasteiger partial charge on any atom is -0.324 e. The Balaban J connectivity index is 1.89. The summed E-state index contributed by atoms with van der Waals surface area (Å²) in [5.41, 5.74) is 0.266. The van der Waals surface area contributed by atoms with Gasteiger partial charge >= 0.3 is 0 Å². The second-order valence-corrected chi connectivity index (χ2v) is 6.15. The highest BCUT2D eigenvalue weighted by Crippen LogP contribution is 2.26. The molecule has 0 radical (unpaired) electrons. The Morgan fingerprint density at radius 2 is 1.95 bits per heavy atom. The third-order valence-corrected chi connectivity index (χ3v) is 4.15. The fourth-order valence-electron chi connectivity index (χ4n) is 2.62. The molecular weight excluding hydrogens is 309 g/mol. The van der Waals surface area contributed by atoms with Crippen molar-refractivity contribution in [3.8, 4) is 0 Å². The molecule has 0 aliphatic heterocycles. The molecule has 0 spiro atoms. The van der Waals surface area contributed by atoms with E-state index in [1.54, 1.807) is 12.1 Å². The number of hydrogen-bond acceptors (Lipinski definition) is 1. The third-order valence-electron chi connectivity index (χ3n) is 3.65. The molecule has 1 N–H and O–H groups in total. The minimum atomic E-state index is -0.399. The molecule has 1 aliphatic rings. The average molecular weight is 328 g/mol. The number of hydrogen-bond donors (Lipinski definition) is 1. The monoisotopic (exact) mass is 327 g/mol. The Morgan fingerprint density at radius 1 is 1.26 bits per heavy atom. The third kappa shape index (κ3) is 4.60. The largest absolute Gasteiger partial charge is 0.324 e. The summed E-state index contributed by atoms with van der Waals surface area (Å²) in [5, 5.41) is 2.67. The summed E-state index contributed by atoms with van der Waals surface area (Å²) < 4.78 is 14.3. The smallest absolute Gasteiger partial charge is 0.224 e. The molecule has 0 atom stereocenters. The normalized spacial score (nSPS) is 16.9. The summed E-state index contributed by atoms with van der Waals surface area (Å²) in [6.07, 6.45) is 7.73. The molecule has 104 valence electrons. The molecular formula is C15H19BrFNO. The van der Waals surface area contributed by atoms with Crippen LogP contribution in [0.25, 0.3) is 0 Å². The van der Waals surface area contributed by atoms with E-state index in [1.807, 2.05) is 0 Å². The van der Waals surface area contributed by atoms with E-state index in [0.717, 1.165) is 12.8 Å². The summed E-state index contributed by atoms with van der Waals surface area (Å²) in [6, 6.07) is 4.68. The number of anilines is 1. The molecule has 0 unspecified atom stereocenters. The van der Waals surface area contributed by atoms with Crippen molar-refractivity contribution in [2.45, 2.75) is 44.9 Å². The van der Waals surface area contributed by atoms with Gasteiger partial charge in [-0.3, -0.25) is 4.79 Å². The van der Waals surface area contributed by atoms with Crippen LogP contribution in [0.1, 0.15) is 44.9 Å². The molecule has 1 fully saturated rings. The van der Waals surface area contributed by atoms with E-state index in [0.29, 0.717) is 16.8 Å². The highest BCUT2D eigenvalue weighted by atomic mass is 79.9. The van der Waals surface area contributed by atoms with Crippen molar-refractivity contribution in [2.75, 3.05) is 5.32 Å². The van der Waals surface area contributed by atoms with E-state index in [4.69, 9.17) is 0 Å². The first-order valence-electron chi connectivity index (χ1n) is 6.90. The number of rotatable bonds is 3. The van der Waals surface area contributed by atoms with Crippen LogP contribution in [0, 0.1) is 11.7 Å². The molecule has 1 aromatic rings. The Kier molecular flexibility index (Phi) is 5.37. The highest BCUT2D eigenvalue weighted by molar-refractivity contribution is 9.10. The molecule has 1 amide bonds. The van der Waals surface area contributed by atoms with Crippen LogP contribution in [0.4, 0.5) is 10.1 Å². The van der Waals surface area contributed by atoms with Gasteiger partial charge in [-0.2, -0.15) is 0 Å². The van der Waals surface area contributed by atoms with Gasteiger partial charge in [0.25, 0.3) is 0 Å². The first-order chi connectivity index (χ1) is 9.15. The van der Waals surface area contributed by atoms with Crippen molar-refractivity contribution in [1.29, 1.82) is 0 Å². The lowest BCUT2D eigenvalue weighted by molar-refractivity contribution is -0.117. The molecule has 4 heteroatoms. The topological polar surface area (TPSA) is 29.1 Å². The van der Waals surface area contributed by atoms with Crippen molar-refractivity contribution in [1.82, 2.24) is 0 Å². The lowest BCUT2D eigenvalue weighted by Gasteiger charge is -2.14. The Labute approximate surface area is 121 Å². The second kappa shape index (κ2) is 7.04. The van der Waals surface area contributed by atoms with Crippen molar-refractivity contribution in [3.05, 3.63) is 28.5 Å². The minimum absolute atomic E-state index is 0.0758. The van der Waals surface area contributed by atoms with Crippen LogP contribution < -0.4 is 5.32 Å². The summed E-state index contributed by atoms with van der Waals surface area (Å²) in [7, 11) is 0. The number of amides is 1. The molecule has 2 nitrogen and oxygen atoms in total. The summed E-state index contributed by atoms with van der Waals surface area (Å²) >= 11 is 3.20. The van der Waals surface area contributed by atoms with Gasteiger partial charge in [0, 0.05) is 10.9 Å². The van der Waals surface area contributed by atoms with Gasteiger partial charge in [0.15, 0.2) is 0 Å². The van der Waals surface area contributed by atoms with Crippen LogP contribution in [-0.4, -0.2) is 5.91 Å². The fourth-order valence-corrected chi connectivity index (χ4v) is 2.96. The zero-order valence-electron chi connectivity index (χ0n) is 10.9. The van der Waals surface area contributed by atoms with Gasteiger partial charge in [-0.1, -0.05) is 41.6 Å². The lowest BCUT2D eigenvalue weighted by atomic mass is 9.96. The van der Waals surface area contributed by atoms with E-state index < -0.39 is 5.82 Å². The standard InChI is InChI=1S/C15H19BrFNO/c16-12-7-8-14(13(17)10-12)18-15(19)9-11-5-3-1-2-4-6-11/h7-8,10-11H,1-6,9H2,(H,18,19). The van der Waals surface area contributed by atoms with Gasteiger partial charge < -0.3 is 5.32 Å². The quantitative estimate of drug-likeness (QED) is 0.787. The Morgan fingerprint density at radius 3 is 2.58 bits per heavy atom. The van der Waals surface area contributed by atoms with Crippen LogP contribution in [-0.2, 0) is 4.79 Å². The molecule has 19 heavy (non-hydrogen) atoms. The lowest BCUT2D eigenvalue weighted by Crippen LogP contribution is -2.17. The van der Waals surface area contributed by atoms with E-state index in [2.05, 4.69) is 21.2 Å². The zero-order chi connectivity index (χ0) is 13.7. The molecule has 1 aromatic carbocycles. The van der Waals surface area contributed by atoms with Crippen LogP contribution in [0.2, 0.25) is 0 Å². The van der Waals surface area contributed by atoms with Gasteiger partial charge in [-0.25, -0.2) is 4.39 Å². The highest BCUT2D eigenvalue weighted by Gasteiger charge is 2.16. The van der Waals surface area contributed by atoms with E-state index in [9.17, 15) is 9.18 Å². The molecule has 0 bridgehead atoms. The Hall–Kier alpha value is -0.900. The molecule has 2 rings (SSSR count). The summed E-state index contributed by atoms with van der Waals surface area (Å²) in [5.74, 6) is -0.0160. The number of halogens is 2. The molecule has 1 saturated carbocycles. The van der Waals surface area contributed by atoms with Gasteiger partial charge in [-0.15, -0.1) is 0 Å².